The van der Waals surface area contributed by atoms with Crippen molar-refractivity contribution >= 4 is 9.84 Å². The van der Waals surface area contributed by atoms with Crippen molar-refractivity contribution in [2.24, 2.45) is 0 Å². The summed E-state index contributed by atoms with van der Waals surface area (Å²) in [4.78, 5) is 4.51. The molecule has 0 radical (unpaired) electrons. The maximum atomic E-state index is 11.5. The Morgan fingerprint density at radius 2 is 2.12 bits per heavy atom. The van der Waals surface area contributed by atoms with Crippen molar-refractivity contribution in [3.8, 4) is 0 Å². The number of nitrogens with zero attached hydrogens (tertiary/aromatic N) is 1. The molecule has 1 N–H and O–H groups in total. The molecular weight excluding hydrogens is 240 g/mol. The molecule has 1 atom stereocenters. The quantitative estimate of drug-likeness (QED) is 0.837. The third kappa shape index (κ3) is 1.99. The molecule has 0 aliphatic carbocycles. The van der Waals surface area contributed by atoms with Crippen LogP contribution in [0.5, 0.6) is 0 Å². The molecule has 0 amide bonds. The van der Waals surface area contributed by atoms with Crippen LogP contribution in [0.25, 0.3) is 0 Å². The number of sulfone groups is 1. The minimum absolute atomic E-state index is 0.0329. The molecule has 2 aliphatic heterocycles. The Labute approximate surface area is 101 Å². The highest BCUT2D eigenvalue weighted by molar-refractivity contribution is 7.91. The second kappa shape index (κ2) is 3.81. The molecular formula is C11H16N2O3S. The number of hydrogen-bond acceptors (Lipinski definition) is 5. The van der Waals surface area contributed by atoms with Crippen LogP contribution in [0.15, 0.2) is 4.42 Å². The summed E-state index contributed by atoms with van der Waals surface area (Å²) in [6, 6.07) is 0. The second-order valence-electron chi connectivity index (χ2n) is 4.95. The van der Waals surface area contributed by atoms with E-state index in [4.69, 9.17) is 4.42 Å². The van der Waals surface area contributed by atoms with Gasteiger partial charge < -0.3 is 9.73 Å². The lowest BCUT2D eigenvalue weighted by Crippen LogP contribution is -2.40. The van der Waals surface area contributed by atoms with E-state index in [1.165, 1.54) is 0 Å². The highest BCUT2D eigenvalue weighted by Gasteiger charge is 2.34. The summed E-state index contributed by atoms with van der Waals surface area (Å²) >= 11 is 0. The molecule has 3 heterocycles. The third-order valence-electron chi connectivity index (χ3n) is 3.60. The van der Waals surface area contributed by atoms with Gasteiger partial charge in [0, 0.05) is 19.0 Å². The van der Waals surface area contributed by atoms with Crippen LogP contribution in [0.2, 0.25) is 0 Å². The maximum absolute atomic E-state index is 11.5. The van der Waals surface area contributed by atoms with Gasteiger partial charge >= 0.3 is 0 Å². The van der Waals surface area contributed by atoms with E-state index < -0.39 is 9.84 Å². The molecule has 1 aromatic heterocycles. The summed E-state index contributed by atoms with van der Waals surface area (Å²) in [6.45, 7) is 3.69. The van der Waals surface area contributed by atoms with Crippen LogP contribution in [0.4, 0.5) is 0 Å². The van der Waals surface area contributed by atoms with Crippen LogP contribution < -0.4 is 5.32 Å². The monoisotopic (exact) mass is 256 g/mol. The molecule has 2 aliphatic rings. The van der Waals surface area contributed by atoms with Gasteiger partial charge in [-0.1, -0.05) is 0 Å². The van der Waals surface area contributed by atoms with E-state index >= 15 is 0 Å². The maximum Gasteiger partial charge on any atom is 0.200 e. The molecule has 0 saturated carbocycles. The van der Waals surface area contributed by atoms with Crippen molar-refractivity contribution in [3.63, 3.8) is 0 Å². The zero-order valence-electron chi connectivity index (χ0n) is 9.77. The van der Waals surface area contributed by atoms with Crippen molar-refractivity contribution in [1.29, 1.82) is 0 Å². The van der Waals surface area contributed by atoms with Gasteiger partial charge in [0.25, 0.3) is 0 Å². The number of hydrogen-bond donors (Lipinski definition) is 1. The fourth-order valence-electron chi connectivity index (χ4n) is 2.46. The van der Waals surface area contributed by atoms with Crippen molar-refractivity contribution in [2.45, 2.75) is 25.2 Å². The SMILES string of the molecule is Cc1oc(C2CNC2)nc1C1CCS(=O)(=O)C1. The molecule has 94 valence electrons. The van der Waals surface area contributed by atoms with Gasteiger partial charge in [0.2, 0.25) is 0 Å². The van der Waals surface area contributed by atoms with Gasteiger partial charge in [-0.3, -0.25) is 0 Å². The van der Waals surface area contributed by atoms with Gasteiger partial charge in [-0.15, -0.1) is 0 Å². The second-order valence-corrected chi connectivity index (χ2v) is 7.18. The van der Waals surface area contributed by atoms with Crippen LogP contribution in [-0.2, 0) is 9.84 Å². The van der Waals surface area contributed by atoms with Crippen molar-refractivity contribution in [3.05, 3.63) is 17.3 Å². The highest BCUT2D eigenvalue weighted by atomic mass is 32.2. The van der Waals surface area contributed by atoms with E-state index in [2.05, 4.69) is 10.3 Å². The normalized spacial score (nSPS) is 28.2. The van der Waals surface area contributed by atoms with E-state index in [-0.39, 0.29) is 17.4 Å². The van der Waals surface area contributed by atoms with Gasteiger partial charge in [-0.05, 0) is 13.3 Å². The zero-order valence-corrected chi connectivity index (χ0v) is 10.6. The molecule has 6 heteroatoms. The molecule has 1 unspecified atom stereocenters. The van der Waals surface area contributed by atoms with Crippen LogP contribution >= 0.6 is 0 Å². The van der Waals surface area contributed by atoms with Crippen molar-refractivity contribution in [1.82, 2.24) is 10.3 Å². The molecule has 0 bridgehead atoms. The molecule has 0 spiro atoms. The Hall–Kier alpha value is -0.880. The van der Waals surface area contributed by atoms with E-state index in [1.54, 1.807) is 0 Å². The number of rotatable bonds is 2. The van der Waals surface area contributed by atoms with Crippen molar-refractivity contribution < 1.29 is 12.8 Å². The number of nitrogens with one attached hydrogen (secondary N) is 1. The van der Waals surface area contributed by atoms with Gasteiger partial charge in [0.1, 0.15) is 5.76 Å². The lowest BCUT2D eigenvalue weighted by Gasteiger charge is -2.23. The molecule has 3 rings (SSSR count). The molecule has 17 heavy (non-hydrogen) atoms. The fourth-order valence-corrected chi connectivity index (χ4v) is 4.20. The Morgan fingerprint density at radius 3 is 2.65 bits per heavy atom. The van der Waals surface area contributed by atoms with Crippen LogP contribution in [0, 0.1) is 6.92 Å². The fraction of sp³-hybridized carbons (Fsp3) is 0.727. The molecule has 5 nitrogen and oxygen atoms in total. The van der Waals surface area contributed by atoms with Gasteiger partial charge in [-0.25, -0.2) is 13.4 Å². The molecule has 2 fully saturated rings. The first-order valence-corrected chi connectivity index (χ1v) is 7.75. The molecule has 1 aromatic rings. The highest BCUT2D eigenvalue weighted by Crippen LogP contribution is 2.32. The summed E-state index contributed by atoms with van der Waals surface area (Å²) in [7, 11) is -2.86. The third-order valence-corrected chi connectivity index (χ3v) is 5.37. The van der Waals surface area contributed by atoms with Gasteiger partial charge in [0.15, 0.2) is 15.7 Å². The Morgan fingerprint density at radius 1 is 1.35 bits per heavy atom. The van der Waals surface area contributed by atoms with Crippen molar-refractivity contribution in [2.75, 3.05) is 24.6 Å². The molecule has 0 aromatic carbocycles. The van der Waals surface area contributed by atoms with E-state index in [0.717, 1.165) is 30.4 Å². The Kier molecular flexibility index (Phi) is 2.52. The summed E-state index contributed by atoms with van der Waals surface area (Å²) in [5.41, 5.74) is 0.855. The summed E-state index contributed by atoms with van der Waals surface area (Å²) in [5, 5.41) is 3.18. The largest absolute Gasteiger partial charge is 0.445 e. The van der Waals surface area contributed by atoms with E-state index in [1.807, 2.05) is 6.92 Å². The zero-order chi connectivity index (χ0) is 12.0. The topological polar surface area (TPSA) is 72.2 Å². The first kappa shape index (κ1) is 11.2. The Bertz CT molecular complexity index is 531. The Balaban J connectivity index is 1.85. The molecule has 2 saturated heterocycles. The average Bonchev–Trinajstić information content (AvgIpc) is 2.67. The van der Waals surface area contributed by atoms with E-state index in [0.29, 0.717) is 12.3 Å². The summed E-state index contributed by atoms with van der Waals surface area (Å²) in [5.74, 6) is 2.45. The van der Waals surface area contributed by atoms with Crippen LogP contribution in [-0.4, -0.2) is 38.0 Å². The lowest BCUT2D eigenvalue weighted by atomic mass is 10.0. The van der Waals surface area contributed by atoms with Crippen LogP contribution in [0.3, 0.4) is 0 Å². The lowest BCUT2D eigenvalue weighted by molar-refractivity contribution is 0.350. The average molecular weight is 256 g/mol. The first-order valence-electron chi connectivity index (χ1n) is 5.93. The number of aryl methyl sites for hydroxylation is 1. The summed E-state index contributed by atoms with van der Waals surface area (Å²) < 4.78 is 28.6. The van der Waals surface area contributed by atoms with E-state index in [9.17, 15) is 8.42 Å². The number of oxazole rings is 1. The van der Waals surface area contributed by atoms with Crippen LogP contribution in [0.1, 0.15) is 35.6 Å². The predicted molar refractivity (Wildman–Crippen MR) is 62.9 cm³/mol. The minimum Gasteiger partial charge on any atom is -0.445 e. The smallest absolute Gasteiger partial charge is 0.200 e. The van der Waals surface area contributed by atoms with Gasteiger partial charge in [0.05, 0.1) is 23.1 Å². The summed E-state index contributed by atoms with van der Waals surface area (Å²) in [6.07, 6.45) is 0.679. The number of aromatic nitrogens is 1. The standard InChI is InChI=1S/C11H16N2O3S/c1-7-10(8-2-3-17(14,15)6-8)13-11(16-7)9-4-12-5-9/h8-9,12H,2-6H2,1H3. The first-order chi connectivity index (χ1) is 8.05. The minimum atomic E-state index is -2.86. The van der Waals surface area contributed by atoms with Gasteiger partial charge in [-0.2, -0.15) is 0 Å². The predicted octanol–water partition coefficient (Wildman–Crippen LogP) is 0.572.